The summed E-state index contributed by atoms with van der Waals surface area (Å²) in [4.78, 5) is 0. The van der Waals surface area contributed by atoms with Gasteiger partial charge in [-0.25, -0.2) is 0 Å². The van der Waals surface area contributed by atoms with Crippen LogP contribution in [0.4, 0.5) is 0 Å². The first-order valence-electron chi connectivity index (χ1n) is 4.17. The summed E-state index contributed by atoms with van der Waals surface area (Å²) in [6, 6.07) is 5.96. The van der Waals surface area contributed by atoms with Crippen molar-refractivity contribution in [3.05, 3.63) is 41.5 Å². The lowest BCUT2D eigenvalue weighted by Crippen LogP contribution is -1.93. The Labute approximate surface area is 73.4 Å². The summed E-state index contributed by atoms with van der Waals surface area (Å²) >= 11 is 0. The molecule has 1 rings (SSSR count). The van der Waals surface area contributed by atoms with Crippen molar-refractivity contribution in [3.63, 3.8) is 0 Å². The molecule has 0 aliphatic carbocycles. The summed E-state index contributed by atoms with van der Waals surface area (Å²) in [5, 5.41) is 9.02. The van der Waals surface area contributed by atoms with Crippen molar-refractivity contribution in [3.8, 4) is 0 Å². The summed E-state index contributed by atoms with van der Waals surface area (Å²) < 4.78 is 0. The molecule has 0 unspecified atom stereocenters. The molecule has 0 atom stereocenters. The van der Waals surface area contributed by atoms with Crippen molar-refractivity contribution < 1.29 is 5.11 Å². The fourth-order valence-electron chi connectivity index (χ4n) is 1.37. The largest absolute Gasteiger partial charge is 0.392 e. The Morgan fingerprint density at radius 2 is 2.08 bits per heavy atom. The van der Waals surface area contributed by atoms with Crippen LogP contribution >= 0.6 is 0 Å². The Bertz CT molecular complexity index is 254. The number of aliphatic hydroxyl groups is 1. The molecule has 0 aliphatic heterocycles. The second-order valence-corrected chi connectivity index (χ2v) is 2.71. The minimum Gasteiger partial charge on any atom is -0.392 e. The van der Waals surface area contributed by atoms with Crippen molar-refractivity contribution in [2.45, 2.75) is 20.0 Å². The van der Waals surface area contributed by atoms with Crippen LogP contribution in [0.15, 0.2) is 24.8 Å². The number of rotatable bonds is 3. The maximum atomic E-state index is 9.02. The minimum atomic E-state index is 0.0925. The lowest BCUT2D eigenvalue weighted by Gasteiger charge is -2.07. The van der Waals surface area contributed by atoms with Crippen molar-refractivity contribution in [2.24, 2.45) is 0 Å². The smallest absolute Gasteiger partial charge is 0.0687 e. The molecule has 12 heavy (non-hydrogen) atoms. The predicted molar refractivity (Wildman–Crippen MR) is 51.8 cm³/mol. The third-order valence-corrected chi connectivity index (χ3v) is 2.04. The van der Waals surface area contributed by atoms with Crippen LogP contribution in [-0.4, -0.2) is 5.11 Å². The van der Waals surface area contributed by atoms with E-state index in [2.05, 4.69) is 19.6 Å². The van der Waals surface area contributed by atoms with E-state index in [1.54, 1.807) is 0 Å². The molecule has 1 aromatic rings. The van der Waals surface area contributed by atoms with Crippen LogP contribution in [0.25, 0.3) is 6.08 Å². The predicted octanol–water partition coefficient (Wildman–Crippen LogP) is 2.38. The normalized spacial score (nSPS) is 9.83. The zero-order valence-corrected chi connectivity index (χ0v) is 7.38. The second-order valence-electron chi connectivity index (χ2n) is 2.71. The van der Waals surface area contributed by atoms with Gasteiger partial charge in [0.1, 0.15) is 0 Å². The molecular weight excluding hydrogens is 148 g/mol. The molecule has 0 saturated heterocycles. The molecule has 0 radical (unpaired) electrons. The van der Waals surface area contributed by atoms with Gasteiger partial charge in [-0.1, -0.05) is 37.8 Å². The van der Waals surface area contributed by atoms with E-state index >= 15 is 0 Å². The van der Waals surface area contributed by atoms with Crippen LogP contribution < -0.4 is 0 Å². The summed E-state index contributed by atoms with van der Waals surface area (Å²) in [5.74, 6) is 0. The maximum Gasteiger partial charge on any atom is 0.0687 e. The van der Waals surface area contributed by atoms with Crippen molar-refractivity contribution in [1.29, 1.82) is 0 Å². The molecule has 1 heteroatoms. The quantitative estimate of drug-likeness (QED) is 0.723. The molecule has 0 spiro atoms. The number of hydrogen-bond donors (Lipinski definition) is 1. The van der Waals surface area contributed by atoms with E-state index < -0.39 is 0 Å². The minimum absolute atomic E-state index is 0.0925. The first kappa shape index (κ1) is 9.01. The molecular formula is C11H14O. The zero-order valence-electron chi connectivity index (χ0n) is 7.38. The van der Waals surface area contributed by atoms with Gasteiger partial charge in [-0.05, 0) is 23.1 Å². The van der Waals surface area contributed by atoms with Gasteiger partial charge in [0.25, 0.3) is 0 Å². The molecule has 0 aromatic heterocycles. The Morgan fingerprint density at radius 3 is 2.58 bits per heavy atom. The van der Waals surface area contributed by atoms with Crippen molar-refractivity contribution >= 4 is 6.08 Å². The maximum absolute atomic E-state index is 9.02. The number of aryl methyl sites for hydroxylation is 1. The molecule has 0 aliphatic rings. The topological polar surface area (TPSA) is 20.2 Å². The molecule has 64 valence electrons. The SMILES string of the molecule is C=Cc1c(CC)cccc1CO. The molecule has 0 fully saturated rings. The number of aliphatic hydroxyl groups excluding tert-OH is 1. The highest BCUT2D eigenvalue weighted by molar-refractivity contribution is 5.56. The fraction of sp³-hybridized carbons (Fsp3) is 0.273. The first-order chi connectivity index (χ1) is 5.83. The highest BCUT2D eigenvalue weighted by atomic mass is 16.3. The van der Waals surface area contributed by atoms with Gasteiger partial charge in [0, 0.05) is 0 Å². The van der Waals surface area contributed by atoms with Crippen LogP contribution in [0.2, 0.25) is 0 Å². The average Bonchev–Trinajstić information content (AvgIpc) is 2.16. The Balaban J connectivity index is 3.21. The lowest BCUT2D eigenvalue weighted by atomic mass is 10.00. The Kier molecular flexibility index (Phi) is 3.06. The van der Waals surface area contributed by atoms with Gasteiger partial charge >= 0.3 is 0 Å². The van der Waals surface area contributed by atoms with E-state index in [0.717, 1.165) is 17.5 Å². The van der Waals surface area contributed by atoms with E-state index in [0.29, 0.717) is 0 Å². The summed E-state index contributed by atoms with van der Waals surface area (Å²) in [6.45, 7) is 5.93. The van der Waals surface area contributed by atoms with Crippen LogP contribution in [0.5, 0.6) is 0 Å². The fourth-order valence-corrected chi connectivity index (χ4v) is 1.37. The molecule has 1 aromatic carbocycles. The van der Waals surface area contributed by atoms with Gasteiger partial charge in [0.15, 0.2) is 0 Å². The molecule has 0 heterocycles. The highest BCUT2D eigenvalue weighted by Crippen LogP contribution is 2.16. The van der Waals surface area contributed by atoms with E-state index in [-0.39, 0.29) is 6.61 Å². The van der Waals surface area contributed by atoms with E-state index in [4.69, 9.17) is 5.11 Å². The van der Waals surface area contributed by atoms with E-state index in [1.165, 1.54) is 5.56 Å². The van der Waals surface area contributed by atoms with Crippen molar-refractivity contribution in [1.82, 2.24) is 0 Å². The lowest BCUT2D eigenvalue weighted by molar-refractivity contribution is 0.281. The van der Waals surface area contributed by atoms with Gasteiger partial charge in [-0.3, -0.25) is 0 Å². The van der Waals surface area contributed by atoms with Crippen LogP contribution in [-0.2, 0) is 13.0 Å². The number of hydrogen-bond acceptors (Lipinski definition) is 1. The zero-order chi connectivity index (χ0) is 8.97. The molecule has 0 amide bonds. The third kappa shape index (κ3) is 1.56. The average molecular weight is 162 g/mol. The molecule has 0 bridgehead atoms. The summed E-state index contributed by atoms with van der Waals surface area (Å²) in [5.41, 5.74) is 3.29. The number of benzene rings is 1. The van der Waals surface area contributed by atoms with Crippen LogP contribution in [0.1, 0.15) is 23.6 Å². The van der Waals surface area contributed by atoms with E-state index in [1.807, 2.05) is 18.2 Å². The van der Waals surface area contributed by atoms with Crippen LogP contribution in [0.3, 0.4) is 0 Å². The standard InChI is InChI=1S/C11H14O/c1-3-9-6-5-7-10(8-12)11(9)4-2/h4-7,12H,2-3,8H2,1H3. The Morgan fingerprint density at radius 1 is 1.42 bits per heavy atom. The third-order valence-electron chi connectivity index (χ3n) is 2.04. The van der Waals surface area contributed by atoms with Gasteiger partial charge in [0.2, 0.25) is 0 Å². The van der Waals surface area contributed by atoms with Gasteiger partial charge < -0.3 is 5.11 Å². The van der Waals surface area contributed by atoms with Gasteiger partial charge in [-0.2, -0.15) is 0 Å². The van der Waals surface area contributed by atoms with Crippen LogP contribution in [0, 0.1) is 0 Å². The summed E-state index contributed by atoms with van der Waals surface area (Å²) in [6.07, 6.45) is 2.79. The monoisotopic (exact) mass is 162 g/mol. The summed E-state index contributed by atoms with van der Waals surface area (Å²) in [7, 11) is 0. The van der Waals surface area contributed by atoms with E-state index in [9.17, 15) is 0 Å². The van der Waals surface area contributed by atoms with Gasteiger partial charge in [-0.15, -0.1) is 0 Å². The Hall–Kier alpha value is -1.08. The molecule has 1 nitrogen and oxygen atoms in total. The second kappa shape index (κ2) is 4.07. The van der Waals surface area contributed by atoms with Gasteiger partial charge in [0.05, 0.1) is 6.61 Å². The highest BCUT2D eigenvalue weighted by Gasteiger charge is 2.01. The molecule has 0 saturated carbocycles. The first-order valence-corrected chi connectivity index (χ1v) is 4.17. The molecule has 1 N–H and O–H groups in total. The van der Waals surface area contributed by atoms with Crippen molar-refractivity contribution in [2.75, 3.05) is 0 Å².